The summed E-state index contributed by atoms with van der Waals surface area (Å²) >= 11 is 0. The predicted octanol–water partition coefficient (Wildman–Crippen LogP) is 3.28. The molecule has 1 saturated heterocycles. The highest BCUT2D eigenvalue weighted by molar-refractivity contribution is 7.92. The lowest BCUT2D eigenvalue weighted by molar-refractivity contribution is -0.155. The molecule has 5 atom stereocenters. The van der Waals surface area contributed by atoms with Gasteiger partial charge >= 0.3 is 12.3 Å². The minimum Gasteiger partial charge on any atom is -0.444 e. The highest BCUT2D eigenvalue weighted by Crippen LogP contribution is 2.65. The number of halogens is 3. The SMILES string of the molecule is CC(C)(C)OC(=O)N[C@H](C(=O)N1C[C@H]2C([C@H]1C(=O)NC(CC(F)(F)F)C(=O)C(=O)NCCS(=O)(=O)C(C)(C)C)C2(C)C)C1CCCCC1. The number of nitrogens with one attached hydrogen (secondary N) is 3. The topological polar surface area (TPSA) is 168 Å². The van der Waals surface area contributed by atoms with Crippen LogP contribution in [0.25, 0.3) is 0 Å². The number of Topliss-reactive ketones (excluding diaryl/α,β-unsaturated/α-hetero) is 1. The van der Waals surface area contributed by atoms with Crippen molar-refractivity contribution >= 4 is 39.4 Å². The van der Waals surface area contributed by atoms with Crippen molar-refractivity contribution in [3.63, 3.8) is 0 Å². The molecule has 2 aliphatic carbocycles. The Bertz CT molecular complexity index is 1360. The van der Waals surface area contributed by atoms with Crippen LogP contribution in [0.4, 0.5) is 18.0 Å². The molecule has 3 fully saturated rings. The van der Waals surface area contributed by atoms with E-state index in [9.17, 15) is 45.6 Å². The van der Waals surface area contributed by atoms with Crippen LogP contribution in [0.2, 0.25) is 0 Å². The molecule has 2 unspecified atom stereocenters. The fourth-order valence-electron chi connectivity index (χ4n) is 6.82. The third kappa shape index (κ3) is 9.62. The van der Waals surface area contributed by atoms with Crippen LogP contribution in [0.15, 0.2) is 0 Å². The molecule has 16 heteroatoms. The zero-order valence-corrected chi connectivity index (χ0v) is 29.9. The number of nitrogens with zero attached hydrogens (tertiary/aromatic N) is 1. The van der Waals surface area contributed by atoms with E-state index in [4.69, 9.17) is 4.74 Å². The predicted molar refractivity (Wildman–Crippen MR) is 170 cm³/mol. The van der Waals surface area contributed by atoms with Gasteiger partial charge in [-0.15, -0.1) is 0 Å². The normalized spacial score (nSPS) is 24.1. The number of amides is 4. The summed E-state index contributed by atoms with van der Waals surface area (Å²) in [6, 6.07) is -4.62. The van der Waals surface area contributed by atoms with Gasteiger partial charge in [-0.05, 0) is 77.6 Å². The lowest BCUT2D eigenvalue weighted by Gasteiger charge is -2.37. The zero-order valence-electron chi connectivity index (χ0n) is 29.1. The van der Waals surface area contributed by atoms with Crippen molar-refractivity contribution in [2.75, 3.05) is 18.8 Å². The maximum atomic E-state index is 14.2. The van der Waals surface area contributed by atoms with E-state index in [-0.39, 0.29) is 18.4 Å². The average molecular weight is 709 g/mol. The van der Waals surface area contributed by atoms with Crippen LogP contribution >= 0.6 is 0 Å². The number of piperidine rings is 1. The van der Waals surface area contributed by atoms with Gasteiger partial charge < -0.3 is 25.6 Å². The van der Waals surface area contributed by atoms with Gasteiger partial charge in [0, 0.05) is 13.1 Å². The first-order valence-corrected chi connectivity index (χ1v) is 18.1. The summed E-state index contributed by atoms with van der Waals surface area (Å²) in [5.41, 5.74) is -1.28. The molecule has 4 amide bonds. The van der Waals surface area contributed by atoms with E-state index in [0.717, 1.165) is 19.3 Å². The van der Waals surface area contributed by atoms with E-state index >= 15 is 0 Å². The van der Waals surface area contributed by atoms with Crippen LogP contribution in [0.3, 0.4) is 0 Å². The molecule has 3 rings (SSSR count). The first-order chi connectivity index (χ1) is 21.8. The minimum absolute atomic E-state index is 0.119. The second-order valence-corrected chi connectivity index (χ2v) is 18.7. The number of likely N-dealkylation sites (tertiary alicyclic amines) is 1. The summed E-state index contributed by atoms with van der Waals surface area (Å²) in [5.74, 6) is -6.05. The largest absolute Gasteiger partial charge is 0.444 e. The van der Waals surface area contributed by atoms with E-state index in [1.165, 1.54) is 25.7 Å². The lowest BCUT2D eigenvalue weighted by atomic mass is 9.83. The van der Waals surface area contributed by atoms with Gasteiger partial charge in [0.2, 0.25) is 17.6 Å². The van der Waals surface area contributed by atoms with Crippen LogP contribution in [0.1, 0.15) is 93.9 Å². The van der Waals surface area contributed by atoms with Gasteiger partial charge in [0.15, 0.2) is 9.84 Å². The van der Waals surface area contributed by atoms with E-state index < -0.39 is 104 Å². The average Bonchev–Trinajstić information content (AvgIpc) is 3.25. The van der Waals surface area contributed by atoms with Crippen molar-refractivity contribution in [3.8, 4) is 0 Å². The summed E-state index contributed by atoms with van der Waals surface area (Å²) in [4.78, 5) is 67.7. The Labute approximate surface area is 280 Å². The highest BCUT2D eigenvalue weighted by Gasteiger charge is 2.70. The van der Waals surface area contributed by atoms with Gasteiger partial charge in [-0.2, -0.15) is 13.2 Å². The Morgan fingerprint density at radius 3 is 2.04 bits per heavy atom. The molecule has 3 aliphatic rings. The number of carbonyl (C=O) groups excluding carboxylic acids is 5. The van der Waals surface area contributed by atoms with Crippen molar-refractivity contribution in [2.45, 2.75) is 129 Å². The summed E-state index contributed by atoms with van der Waals surface area (Å²) in [6.07, 6.45) is -3.71. The van der Waals surface area contributed by atoms with Crippen molar-refractivity contribution < 1.29 is 50.3 Å². The minimum atomic E-state index is -4.96. The Morgan fingerprint density at radius 2 is 1.52 bits per heavy atom. The molecule has 48 heavy (non-hydrogen) atoms. The molecule has 0 aromatic heterocycles. The molecule has 12 nitrogen and oxygen atoms in total. The maximum Gasteiger partial charge on any atom is 0.408 e. The van der Waals surface area contributed by atoms with E-state index in [1.807, 2.05) is 13.8 Å². The quantitative estimate of drug-likeness (QED) is 0.275. The summed E-state index contributed by atoms with van der Waals surface area (Å²) in [7, 11) is -3.70. The van der Waals surface area contributed by atoms with E-state index in [2.05, 4.69) is 16.0 Å². The number of carbonyl (C=O) groups is 5. The summed E-state index contributed by atoms with van der Waals surface area (Å²) < 4.78 is 69.8. The van der Waals surface area contributed by atoms with Crippen molar-refractivity contribution in [2.24, 2.45) is 23.2 Å². The van der Waals surface area contributed by atoms with Crippen LogP contribution < -0.4 is 16.0 Å². The van der Waals surface area contributed by atoms with Gasteiger partial charge in [-0.25, -0.2) is 13.2 Å². The molecule has 2 saturated carbocycles. The number of sulfone groups is 1. The molecule has 1 aliphatic heterocycles. The lowest BCUT2D eigenvalue weighted by Crippen LogP contribution is -2.60. The number of ketones is 1. The molecule has 1 heterocycles. The molecule has 0 bridgehead atoms. The van der Waals surface area contributed by atoms with Gasteiger partial charge in [0.25, 0.3) is 5.91 Å². The fraction of sp³-hybridized carbons (Fsp3) is 0.844. The van der Waals surface area contributed by atoms with E-state index in [0.29, 0.717) is 12.8 Å². The summed E-state index contributed by atoms with van der Waals surface area (Å²) in [6.45, 7) is 12.7. The second kappa shape index (κ2) is 14.1. The van der Waals surface area contributed by atoms with Crippen molar-refractivity contribution in [1.29, 1.82) is 0 Å². The third-order valence-electron chi connectivity index (χ3n) is 9.70. The number of fused-ring (bicyclic) bond motifs is 1. The molecule has 3 N–H and O–H groups in total. The Kier molecular flexibility index (Phi) is 11.6. The van der Waals surface area contributed by atoms with Crippen LogP contribution in [0.5, 0.6) is 0 Å². The van der Waals surface area contributed by atoms with E-state index in [1.54, 1.807) is 20.8 Å². The van der Waals surface area contributed by atoms with Gasteiger partial charge in [-0.1, -0.05) is 33.1 Å². The Morgan fingerprint density at radius 1 is 0.938 bits per heavy atom. The number of alkyl halides is 3. The monoisotopic (exact) mass is 708 g/mol. The number of hydrogen-bond donors (Lipinski definition) is 3. The second-order valence-electron chi connectivity index (χ2n) is 15.8. The molecule has 0 spiro atoms. The van der Waals surface area contributed by atoms with Crippen LogP contribution in [-0.4, -0.2) is 96.4 Å². The maximum absolute atomic E-state index is 14.2. The smallest absolute Gasteiger partial charge is 0.408 e. The summed E-state index contributed by atoms with van der Waals surface area (Å²) in [5, 5.41) is 6.85. The molecular weight excluding hydrogens is 657 g/mol. The van der Waals surface area contributed by atoms with Gasteiger partial charge in [0.1, 0.15) is 23.7 Å². The van der Waals surface area contributed by atoms with Gasteiger partial charge in [0.05, 0.1) is 16.9 Å². The molecule has 0 aromatic rings. The first kappa shape index (κ1) is 39.5. The number of alkyl carbamates (subject to hydrolysis) is 1. The Hall–Kier alpha value is -2.91. The highest BCUT2D eigenvalue weighted by atomic mass is 32.2. The number of ether oxygens (including phenoxy) is 1. The van der Waals surface area contributed by atoms with Gasteiger partial charge in [-0.3, -0.25) is 19.2 Å². The van der Waals surface area contributed by atoms with Crippen molar-refractivity contribution in [1.82, 2.24) is 20.9 Å². The Balaban J connectivity index is 1.84. The third-order valence-corrected chi connectivity index (χ3v) is 12.3. The fourth-order valence-corrected chi connectivity index (χ4v) is 7.81. The van der Waals surface area contributed by atoms with Crippen LogP contribution in [-0.2, 0) is 33.8 Å². The van der Waals surface area contributed by atoms with Crippen LogP contribution in [0, 0.1) is 23.2 Å². The number of hydrogen-bond acceptors (Lipinski definition) is 8. The molecule has 0 radical (unpaired) electrons. The first-order valence-electron chi connectivity index (χ1n) is 16.5. The standard InChI is InChI=1S/C32H51F3N4O8S/c1-29(2,3)47-28(44)38-22(18-12-10-9-11-13-18)27(43)39-17-19-21(31(19,7)8)23(39)25(41)37-20(16-32(33,34)35)24(40)26(42)36-14-15-48(45,46)30(4,5)6/h18-23H,9-17H2,1-8H3,(H,36,42)(H,37,41)(H,38,44)/t19-,20?,21?,22-,23-/m0/s1. The molecular formula is C32H51F3N4O8S. The van der Waals surface area contributed by atoms with Crippen molar-refractivity contribution in [3.05, 3.63) is 0 Å². The zero-order chi connectivity index (χ0) is 36.6. The number of rotatable bonds is 11. The molecule has 274 valence electrons. The molecule has 0 aromatic carbocycles.